The van der Waals surface area contributed by atoms with E-state index in [1.807, 2.05) is 0 Å². The smallest absolute Gasteiger partial charge is 0.225 e. The maximum Gasteiger partial charge on any atom is 0.225 e. The summed E-state index contributed by atoms with van der Waals surface area (Å²) >= 11 is 0. The van der Waals surface area contributed by atoms with Gasteiger partial charge in [-0.05, 0) is 37.3 Å². The second kappa shape index (κ2) is 7.14. The number of rotatable bonds is 6. The minimum atomic E-state index is 0. The fraction of sp³-hybridized carbons (Fsp3) is 0.562. The number of ether oxygens (including phenoxy) is 1. The van der Waals surface area contributed by atoms with Crippen LogP contribution in [0.3, 0.4) is 0 Å². The van der Waals surface area contributed by atoms with Crippen molar-refractivity contribution in [2.75, 3.05) is 19.7 Å². The third kappa shape index (κ3) is 4.35. The molecule has 1 aliphatic heterocycles. The van der Waals surface area contributed by atoms with E-state index in [1.54, 1.807) is 0 Å². The molecule has 2 fully saturated rings. The zero-order valence-electron chi connectivity index (χ0n) is 12.4. The first kappa shape index (κ1) is 16.1. The van der Waals surface area contributed by atoms with Crippen molar-refractivity contribution in [3.05, 3.63) is 29.3 Å². The van der Waals surface area contributed by atoms with Gasteiger partial charge in [0.2, 0.25) is 5.91 Å². The standard InChI is InChI=1S/C16H22N2O2.ClH/c1-11-2-5-13(9-18-16(19)14-7-17-8-14)15(6-11)20-10-12-3-4-12;/h2,5-6,12,14,17H,3-4,7-10H2,1H3,(H,18,19);1H. The van der Waals surface area contributed by atoms with Crippen LogP contribution in [0.4, 0.5) is 0 Å². The molecule has 4 nitrogen and oxygen atoms in total. The van der Waals surface area contributed by atoms with E-state index in [0.29, 0.717) is 6.54 Å². The molecule has 1 saturated heterocycles. The maximum atomic E-state index is 11.9. The van der Waals surface area contributed by atoms with Gasteiger partial charge in [-0.15, -0.1) is 12.4 Å². The van der Waals surface area contributed by atoms with Crippen LogP contribution in [0, 0.1) is 18.8 Å². The first-order valence-electron chi connectivity index (χ1n) is 7.43. The molecule has 0 radical (unpaired) electrons. The van der Waals surface area contributed by atoms with E-state index < -0.39 is 0 Å². The lowest BCUT2D eigenvalue weighted by Crippen LogP contribution is -2.50. The normalized spacial score (nSPS) is 17.6. The zero-order valence-corrected chi connectivity index (χ0v) is 13.2. The molecular weight excluding hydrogens is 288 g/mol. The van der Waals surface area contributed by atoms with Crippen LogP contribution in [0.2, 0.25) is 0 Å². The van der Waals surface area contributed by atoms with Crippen molar-refractivity contribution >= 4 is 18.3 Å². The van der Waals surface area contributed by atoms with E-state index >= 15 is 0 Å². The van der Waals surface area contributed by atoms with Gasteiger partial charge >= 0.3 is 0 Å². The molecule has 21 heavy (non-hydrogen) atoms. The van der Waals surface area contributed by atoms with Crippen LogP contribution in [0.5, 0.6) is 5.75 Å². The Balaban J connectivity index is 0.00000161. The van der Waals surface area contributed by atoms with Gasteiger partial charge in [0, 0.05) is 25.2 Å². The number of hydrogen-bond donors (Lipinski definition) is 2. The number of hydrogen-bond acceptors (Lipinski definition) is 3. The first-order chi connectivity index (χ1) is 9.72. The third-order valence-electron chi connectivity index (χ3n) is 4.00. The highest BCUT2D eigenvalue weighted by Crippen LogP contribution is 2.30. The van der Waals surface area contributed by atoms with Crippen molar-refractivity contribution in [3.8, 4) is 5.75 Å². The van der Waals surface area contributed by atoms with Gasteiger partial charge in [0.1, 0.15) is 5.75 Å². The highest BCUT2D eigenvalue weighted by Gasteiger charge is 2.25. The van der Waals surface area contributed by atoms with Crippen molar-refractivity contribution < 1.29 is 9.53 Å². The molecule has 0 spiro atoms. The molecule has 0 atom stereocenters. The highest BCUT2D eigenvalue weighted by atomic mass is 35.5. The number of benzene rings is 1. The Hall–Kier alpha value is -1.26. The molecule has 1 aliphatic carbocycles. The fourth-order valence-corrected chi connectivity index (χ4v) is 2.24. The van der Waals surface area contributed by atoms with Crippen molar-refractivity contribution in [1.29, 1.82) is 0 Å². The first-order valence-corrected chi connectivity index (χ1v) is 7.43. The van der Waals surface area contributed by atoms with E-state index in [1.165, 1.54) is 18.4 Å². The molecule has 116 valence electrons. The molecule has 0 unspecified atom stereocenters. The molecule has 1 heterocycles. The van der Waals surface area contributed by atoms with Crippen LogP contribution in [0.25, 0.3) is 0 Å². The molecular formula is C16H23ClN2O2. The molecule has 0 aromatic heterocycles. The van der Waals surface area contributed by atoms with E-state index in [2.05, 4.69) is 35.8 Å². The van der Waals surface area contributed by atoms with Crippen LogP contribution in [-0.4, -0.2) is 25.6 Å². The summed E-state index contributed by atoms with van der Waals surface area (Å²) in [5.74, 6) is 1.93. The van der Waals surface area contributed by atoms with Crippen LogP contribution < -0.4 is 15.4 Å². The maximum absolute atomic E-state index is 11.9. The number of carbonyl (C=O) groups excluding carboxylic acids is 1. The number of amides is 1. The molecule has 1 aromatic rings. The third-order valence-corrected chi connectivity index (χ3v) is 4.00. The average molecular weight is 311 g/mol. The molecule has 5 heteroatoms. The summed E-state index contributed by atoms with van der Waals surface area (Å²) in [5.41, 5.74) is 2.26. The molecule has 1 aromatic carbocycles. The van der Waals surface area contributed by atoms with Gasteiger partial charge < -0.3 is 15.4 Å². The van der Waals surface area contributed by atoms with Crippen LogP contribution >= 0.6 is 12.4 Å². The Morgan fingerprint density at radius 1 is 1.38 bits per heavy atom. The number of halogens is 1. The largest absolute Gasteiger partial charge is 0.493 e. The van der Waals surface area contributed by atoms with Crippen LogP contribution in [0.1, 0.15) is 24.0 Å². The predicted octanol–water partition coefficient (Wildman–Crippen LogP) is 2.04. The molecule has 2 aliphatic rings. The lowest BCUT2D eigenvalue weighted by molar-refractivity contribution is -0.126. The van der Waals surface area contributed by atoms with Crippen molar-refractivity contribution in [1.82, 2.24) is 10.6 Å². The van der Waals surface area contributed by atoms with Crippen LogP contribution in [0.15, 0.2) is 18.2 Å². The van der Waals surface area contributed by atoms with Gasteiger partial charge in [-0.1, -0.05) is 12.1 Å². The Morgan fingerprint density at radius 2 is 2.14 bits per heavy atom. The highest BCUT2D eigenvalue weighted by molar-refractivity contribution is 5.85. The molecule has 1 amide bonds. The molecule has 0 bridgehead atoms. The SMILES string of the molecule is Cc1ccc(CNC(=O)C2CNC2)c(OCC2CC2)c1.Cl. The zero-order chi connectivity index (χ0) is 13.9. The van der Waals surface area contributed by atoms with E-state index in [4.69, 9.17) is 4.74 Å². The molecule has 2 N–H and O–H groups in total. The van der Waals surface area contributed by atoms with Gasteiger partial charge in [-0.25, -0.2) is 0 Å². The van der Waals surface area contributed by atoms with Gasteiger partial charge in [0.05, 0.1) is 12.5 Å². The second-order valence-electron chi connectivity index (χ2n) is 5.94. The van der Waals surface area contributed by atoms with Crippen molar-refractivity contribution in [3.63, 3.8) is 0 Å². The number of aryl methyl sites for hydroxylation is 1. The summed E-state index contributed by atoms with van der Waals surface area (Å²) in [6, 6.07) is 6.18. The van der Waals surface area contributed by atoms with Gasteiger partial charge in [0.15, 0.2) is 0 Å². The lowest BCUT2D eigenvalue weighted by atomic mass is 10.0. The number of nitrogens with one attached hydrogen (secondary N) is 2. The Morgan fingerprint density at radius 3 is 2.76 bits per heavy atom. The predicted molar refractivity (Wildman–Crippen MR) is 84.9 cm³/mol. The van der Waals surface area contributed by atoms with E-state index in [-0.39, 0.29) is 24.2 Å². The summed E-state index contributed by atoms with van der Waals surface area (Å²) < 4.78 is 5.91. The minimum Gasteiger partial charge on any atom is -0.493 e. The van der Waals surface area contributed by atoms with Gasteiger partial charge in [0.25, 0.3) is 0 Å². The Labute approximate surface area is 132 Å². The molecule has 3 rings (SSSR count). The fourth-order valence-electron chi connectivity index (χ4n) is 2.24. The quantitative estimate of drug-likeness (QED) is 0.845. The minimum absolute atomic E-state index is 0. The van der Waals surface area contributed by atoms with Gasteiger partial charge in [-0.3, -0.25) is 4.79 Å². The van der Waals surface area contributed by atoms with E-state index in [0.717, 1.165) is 36.9 Å². The average Bonchev–Trinajstić information content (AvgIpc) is 3.17. The monoisotopic (exact) mass is 310 g/mol. The summed E-state index contributed by atoms with van der Waals surface area (Å²) in [4.78, 5) is 11.9. The summed E-state index contributed by atoms with van der Waals surface area (Å²) in [6.07, 6.45) is 2.57. The number of carbonyl (C=O) groups is 1. The van der Waals surface area contributed by atoms with Crippen LogP contribution in [-0.2, 0) is 11.3 Å². The van der Waals surface area contributed by atoms with Crippen molar-refractivity contribution in [2.45, 2.75) is 26.3 Å². The van der Waals surface area contributed by atoms with E-state index in [9.17, 15) is 4.79 Å². The summed E-state index contributed by atoms with van der Waals surface area (Å²) in [6.45, 7) is 5.01. The Kier molecular flexibility index (Phi) is 5.48. The summed E-state index contributed by atoms with van der Waals surface area (Å²) in [5, 5.41) is 6.12. The Bertz CT molecular complexity index is 499. The lowest BCUT2D eigenvalue weighted by Gasteiger charge is -2.26. The second-order valence-corrected chi connectivity index (χ2v) is 5.94. The van der Waals surface area contributed by atoms with Crippen molar-refractivity contribution in [2.24, 2.45) is 11.8 Å². The van der Waals surface area contributed by atoms with Gasteiger partial charge in [-0.2, -0.15) is 0 Å². The summed E-state index contributed by atoms with van der Waals surface area (Å²) in [7, 11) is 0. The molecule has 1 saturated carbocycles. The topological polar surface area (TPSA) is 50.4 Å².